The second-order valence-electron chi connectivity index (χ2n) is 8.39. The molecule has 4 rings (SSSR count). The summed E-state index contributed by atoms with van der Waals surface area (Å²) in [5, 5.41) is 6.13. The lowest BCUT2D eigenvalue weighted by atomic mass is 10.1. The van der Waals surface area contributed by atoms with Crippen LogP contribution in [0, 0.1) is 20.8 Å². The number of amides is 2. The molecule has 1 unspecified atom stereocenters. The number of nitrogens with one attached hydrogen (secondary N) is 2. The van der Waals surface area contributed by atoms with E-state index >= 15 is 0 Å². The highest BCUT2D eigenvalue weighted by Gasteiger charge is 2.18. The zero-order valence-electron chi connectivity index (χ0n) is 20.1. The number of rotatable bonds is 7. The summed E-state index contributed by atoms with van der Waals surface area (Å²) >= 11 is 2.91. The van der Waals surface area contributed by atoms with Gasteiger partial charge in [-0.25, -0.2) is 4.98 Å². The minimum absolute atomic E-state index is 0.117. The van der Waals surface area contributed by atoms with Crippen molar-refractivity contribution in [2.24, 2.45) is 0 Å². The molecule has 178 valence electrons. The number of nitrogens with zero attached hydrogens (tertiary/aromatic N) is 1. The molecule has 5 nitrogen and oxygen atoms in total. The van der Waals surface area contributed by atoms with Crippen LogP contribution < -0.4 is 10.6 Å². The van der Waals surface area contributed by atoms with Crippen molar-refractivity contribution < 1.29 is 9.59 Å². The molecule has 2 amide bonds. The first kappa shape index (κ1) is 24.7. The van der Waals surface area contributed by atoms with E-state index in [1.165, 1.54) is 28.7 Å². The van der Waals surface area contributed by atoms with Gasteiger partial charge < -0.3 is 10.6 Å². The lowest BCUT2D eigenvalue weighted by Crippen LogP contribution is -2.22. The van der Waals surface area contributed by atoms with E-state index in [-0.39, 0.29) is 17.1 Å². The monoisotopic (exact) mass is 501 g/mol. The van der Waals surface area contributed by atoms with Gasteiger partial charge in [-0.3, -0.25) is 9.59 Å². The first-order chi connectivity index (χ1) is 16.8. The molecule has 0 radical (unpaired) electrons. The van der Waals surface area contributed by atoms with Crippen LogP contribution in [0.3, 0.4) is 0 Å². The molecule has 0 aliphatic heterocycles. The summed E-state index contributed by atoms with van der Waals surface area (Å²) in [4.78, 5) is 32.0. The Labute approximate surface area is 214 Å². The van der Waals surface area contributed by atoms with Crippen LogP contribution in [0.4, 0.5) is 10.8 Å². The normalized spacial score (nSPS) is 11.7. The molecule has 1 heterocycles. The summed E-state index contributed by atoms with van der Waals surface area (Å²) in [6, 6.07) is 23.2. The summed E-state index contributed by atoms with van der Waals surface area (Å²) in [7, 11) is 0. The van der Waals surface area contributed by atoms with Crippen LogP contribution in [0.25, 0.3) is 11.3 Å². The van der Waals surface area contributed by atoms with Gasteiger partial charge in [0.25, 0.3) is 5.91 Å². The van der Waals surface area contributed by atoms with Crippen molar-refractivity contribution in [1.82, 2.24) is 4.98 Å². The van der Waals surface area contributed by atoms with E-state index in [1.807, 2.05) is 69.3 Å². The predicted molar refractivity (Wildman–Crippen MR) is 147 cm³/mol. The Morgan fingerprint density at radius 1 is 0.886 bits per heavy atom. The largest absolute Gasteiger partial charge is 0.322 e. The highest BCUT2D eigenvalue weighted by molar-refractivity contribution is 8.00. The lowest BCUT2D eigenvalue weighted by molar-refractivity contribution is -0.115. The van der Waals surface area contributed by atoms with Gasteiger partial charge in [0, 0.05) is 26.6 Å². The van der Waals surface area contributed by atoms with Crippen molar-refractivity contribution in [2.75, 3.05) is 10.6 Å². The zero-order chi connectivity index (χ0) is 24.9. The van der Waals surface area contributed by atoms with E-state index in [1.54, 1.807) is 12.1 Å². The van der Waals surface area contributed by atoms with Crippen molar-refractivity contribution >= 4 is 45.7 Å². The summed E-state index contributed by atoms with van der Waals surface area (Å²) in [6.45, 7) is 7.91. The Hall–Kier alpha value is -3.42. The van der Waals surface area contributed by atoms with Crippen LogP contribution in [-0.2, 0) is 4.79 Å². The molecule has 0 fully saturated rings. The summed E-state index contributed by atoms with van der Waals surface area (Å²) < 4.78 is 0. The number of thioether (sulfide) groups is 1. The highest BCUT2D eigenvalue weighted by atomic mass is 32.2. The zero-order valence-corrected chi connectivity index (χ0v) is 21.7. The second-order valence-corrected chi connectivity index (χ2v) is 11.0. The van der Waals surface area contributed by atoms with Gasteiger partial charge in [-0.05, 0) is 58.0 Å². The van der Waals surface area contributed by atoms with Crippen molar-refractivity contribution in [2.45, 2.75) is 37.8 Å². The maximum Gasteiger partial charge on any atom is 0.255 e. The first-order valence-electron chi connectivity index (χ1n) is 11.3. The molecule has 35 heavy (non-hydrogen) atoms. The third kappa shape index (κ3) is 6.38. The number of anilines is 2. The van der Waals surface area contributed by atoms with Gasteiger partial charge in [-0.15, -0.1) is 23.1 Å². The van der Waals surface area contributed by atoms with E-state index in [9.17, 15) is 9.59 Å². The molecule has 0 saturated carbocycles. The average Bonchev–Trinajstić information content (AvgIpc) is 3.20. The molecule has 1 atom stereocenters. The van der Waals surface area contributed by atoms with Crippen molar-refractivity contribution in [1.29, 1.82) is 0 Å². The van der Waals surface area contributed by atoms with E-state index < -0.39 is 0 Å². The third-order valence-corrected chi connectivity index (χ3v) is 7.42. The first-order valence-corrected chi connectivity index (χ1v) is 13.0. The van der Waals surface area contributed by atoms with Crippen LogP contribution in [0.1, 0.15) is 33.3 Å². The van der Waals surface area contributed by atoms with E-state index in [0.717, 1.165) is 26.6 Å². The number of hydrogen-bond donors (Lipinski definition) is 2. The lowest BCUT2D eigenvalue weighted by Gasteiger charge is -2.12. The van der Waals surface area contributed by atoms with Gasteiger partial charge in [0.2, 0.25) is 5.91 Å². The maximum atomic E-state index is 12.9. The van der Waals surface area contributed by atoms with Crippen LogP contribution in [0.2, 0.25) is 0 Å². The quantitative estimate of drug-likeness (QED) is 0.265. The number of thiazole rings is 1. The molecule has 0 spiro atoms. The van der Waals surface area contributed by atoms with Gasteiger partial charge in [-0.2, -0.15) is 0 Å². The van der Waals surface area contributed by atoms with Crippen LogP contribution >= 0.6 is 23.1 Å². The average molecular weight is 502 g/mol. The fourth-order valence-corrected chi connectivity index (χ4v) is 5.21. The number of aromatic nitrogens is 1. The molecule has 3 aromatic carbocycles. The standard InChI is InChI=1S/C28H27N3O2S2/c1-17-8-12-21(13-9-17)25-19(3)35-28(30-25)31-26(32)20(4)34-24-7-5-6-23(16-24)29-27(33)22-14-10-18(2)11-15-22/h5-16,20H,1-4H3,(H,29,33)(H,30,31,32). The molecule has 7 heteroatoms. The van der Waals surface area contributed by atoms with Crippen LogP contribution in [0.5, 0.6) is 0 Å². The van der Waals surface area contributed by atoms with Crippen molar-refractivity contribution in [3.05, 3.63) is 94.4 Å². The van der Waals surface area contributed by atoms with Crippen molar-refractivity contribution in [3.8, 4) is 11.3 Å². The molecular weight excluding hydrogens is 474 g/mol. The maximum absolute atomic E-state index is 12.9. The van der Waals surface area contributed by atoms with Crippen LogP contribution in [0.15, 0.2) is 77.7 Å². The Morgan fingerprint density at radius 3 is 2.23 bits per heavy atom. The van der Waals surface area contributed by atoms with Crippen LogP contribution in [-0.4, -0.2) is 22.0 Å². The Kier molecular flexibility index (Phi) is 7.68. The van der Waals surface area contributed by atoms with Gasteiger partial charge in [0.15, 0.2) is 5.13 Å². The number of hydrogen-bond acceptors (Lipinski definition) is 5. The predicted octanol–water partition coefficient (Wildman–Crippen LogP) is 7.11. The molecule has 0 bridgehead atoms. The molecule has 1 aromatic heterocycles. The Morgan fingerprint density at radius 2 is 1.54 bits per heavy atom. The van der Waals surface area contributed by atoms with E-state index in [4.69, 9.17) is 0 Å². The molecule has 2 N–H and O–H groups in total. The number of benzene rings is 3. The highest BCUT2D eigenvalue weighted by Crippen LogP contribution is 2.32. The smallest absolute Gasteiger partial charge is 0.255 e. The second kappa shape index (κ2) is 10.9. The summed E-state index contributed by atoms with van der Waals surface area (Å²) in [5.74, 6) is -0.283. The molecular formula is C28H27N3O2S2. The van der Waals surface area contributed by atoms with E-state index in [2.05, 4.69) is 34.7 Å². The molecule has 4 aromatic rings. The minimum Gasteiger partial charge on any atom is -0.322 e. The van der Waals surface area contributed by atoms with Gasteiger partial charge in [0.1, 0.15) is 0 Å². The van der Waals surface area contributed by atoms with Gasteiger partial charge in [-0.1, -0.05) is 53.6 Å². The molecule has 0 aliphatic carbocycles. The molecule has 0 saturated heterocycles. The molecule has 0 aliphatic rings. The van der Waals surface area contributed by atoms with Gasteiger partial charge >= 0.3 is 0 Å². The fourth-order valence-electron chi connectivity index (χ4n) is 3.45. The SMILES string of the molecule is Cc1ccc(C(=O)Nc2cccc(SC(C)C(=O)Nc3nc(-c4ccc(C)cc4)c(C)s3)c2)cc1. The summed E-state index contributed by atoms with van der Waals surface area (Å²) in [5.41, 5.74) is 5.52. The van der Waals surface area contributed by atoms with E-state index in [0.29, 0.717) is 16.4 Å². The summed E-state index contributed by atoms with van der Waals surface area (Å²) in [6.07, 6.45) is 0. The topological polar surface area (TPSA) is 71.1 Å². The minimum atomic E-state index is -0.343. The van der Waals surface area contributed by atoms with Crippen molar-refractivity contribution in [3.63, 3.8) is 0 Å². The van der Waals surface area contributed by atoms with Gasteiger partial charge in [0.05, 0.1) is 10.9 Å². The number of aryl methyl sites for hydroxylation is 3. The fraction of sp³-hybridized carbons (Fsp3) is 0.179. The number of carbonyl (C=O) groups excluding carboxylic acids is 2. The Balaban J connectivity index is 1.38. The number of carbonyl (C=O) groups is 2. The Bertz CT molecular complexity index is 1350. The third-order valence-electron chi connectivity index (χ3n) is 5.44.